The normalized spacial score (nSPS) is 12.3. The Bertz CT molecular complexity index is 800. The number of thioether (sulfide) groups is 1. The van der Waals surface area contributed by atoms with Crippen LogP contribution in [0.4, 0.5) is 0 Å². The van der Waals surface area contributed by atoms with E-state index < -0.39 is 0 Å². The predicted molar refractivity (Wildman–Crippen MR) is 94.7 cm³/mol. The molecular formula is C17H16ClN3OS. The van der Waals surface area contributed by atoms with Crippen LogP contribution in [0.2, 0.25) is 5.02 Å². The van der Waals surface area contributed by atoms with Gasteiger partial charge in [-0.05, 0) is 31.2 Å². The summed E-state index contributed by atoms with van der Waals surface area (Å²) < 4.78 is 0. The molecule has 0 aliphatic heterocycles. The van der Waals surface area contributed by atoms with E-state index in [2.05, 4.69) is 15.3 Å². The van der Waals surface area contributed by atoms with Crippen molar-refractivity contribution in [3.63, 3.8) is 0 Å². The molecule has 0 saturated heterocycles. The van der Waals surface area contributed by atoms with E-state index in [0.717, 1.165) is 21.8 Å². The fourth-order valence-electron chi connectivity index (χ4n) is 2.19. The van der Waals surface area contributed by atoms with Gasteiger partial charge >= 0.3 is 0 Å². The van der Waals surface area contributed by atoms with Crippen LogP contribution in [0.5, 0.6) is 0 Å². The van der Waals surface area contributed by atoms with Crippen LogP contribution in [-0.2, 0) is 11.3 Å². The highest BCUT2D eigenvalue weighted by atomic mass is 35.5. The van der Waals surface area contributed by atoms with Crippen molar-refractivity contribution in [3.8, 4) is 0 Å². The Kier molecular flexibility index (Phi) is 4.88. The summed E-state index contributed by atoms with van der Waals surface area (Å²) in [5, 5.41) is 3.33. The minimum Gasteiger partial charge on any atom is -0.348 e. The summed E-state index contributed by atoms with van der Waals surface area (Å²) in [6, 6.07) is 15.3. The van der Waals surface area contributed by atoms with Gasteiger partial charge < -0.3 is 10.3 Å². The van der Waals surface area contributed by atoms with Crippen molar-refractivity contribution < 1.29 is 4.79 Å². The maximum absolute atomic E-state index is 12.2. The Balaban J connectivity index is 1.59. The second-order valence-corrected chi connectivity index (χ2v) is 6.90. The van der Waals surface area contributed by atoms with Crippen molar-refractivity contribution >= 4 is 40.3 Å². The van der Waals surface area contributed by atoms with Gasteiger partial charge in [0, 0.05) is 4.90 Å². The van der Waals surface area contributed by atoms with Crippen LogP contribution >= 0.6 is 23.4 Å². The molecule has 3 aromatic rings. The number of para-hydroxylation sites is 2. The number of aromatic nitrogens is 2. The molecular weight excluding hydrogens is 330 g/mol. The molecule has 0 saturated carbocycles. The number of carbonyl (C=O) groups excluding carboxylic acids is 1. The first-order valence-electron chi connectivity index (χ1n) is 7.26. The molecule has 1 amide bonds. The van der Waals surface area contributed by atoms with E-state index in [1.54, 1.807) is 0 Å². The van der Waals surface area contributed by atoms with Gasteiger partial charge in [0.15, 0.2) is 0 Å². The van der Waals surface area contributed by atoms with Gasteiger partial charge in [0.25, 0.3) is 0 Å². The maximum atomic E-state index is 12.2. The first-order valence-corrected chi connectivity index (χ1v) is 8.52. The quantitative estimate of drug-likeness (QED) is 0.687. The van der Waals surface area contributed by atoms with Crippen molar-refractivity contribution in [2.75, 3.05) is 0 Å². The lowest BCUT2D eigenvalue weighted by Crippen LogP contribution is -2.30. The number of hydrogen-bond acceptors (Lipinski definition) is 3. The number of benzene rings is 2. The van der Waals surface area contributed by atoms with Gasteiger partial charge in [-0.25, -0.2) is 4.98 Å². The smallest absolute Gasteiger partial charge is 0.233 e. The van der Waals surface area contributed by atoms with E-state index in [-0.39, 0.29) is 11.2 Å². The van der Waals surface area contributed by atoms with E-state index in [9.17, 15) is 4.79 Å². The average molecular weight is 346 g/mol. The highest BCUT2D eigenvalue weighted by Gasteiger charge is 2.16. The van der Waals surface area contributed by atoms with Gasteiger partial charge in [-0.3, -0.25) is 4.79 Å². The molecule has 3 rings (SSSR count). The number of imidazole rings is 1. The molecule has 23 heavy (non-hydrogen) atoms. The SMILES string of the molecule is CC(Sc1ccccc1Cl)C(=O)NCc1nc2ccccc2[nH]1. The number of amides is 1. The topological polar surface area (TPSA) is 57.8 Å². The molecule has 0 radical (unpaired) electrons. The minimum absolute atomic E-state index is 0.0459. The molecule has 4 nitrogen and oxygen atoms in total. The summed E-state index contributed by atoms with van der Waals surface area (Å²) in [6.07, 6.45) is 0. The lowest BCUT2D eigenvalue weighted by Gasteiger charge is -2.12. The minimum atomic E-state index is -0.237. The second-order valence-electron chi connectivity index (χ2n) is 5.11. The van der Waals surface area contributed by atoms with E-state index in [0.29, 0.717) is 11.6 Å². The molecule has 0 aliphatic rings. The number of H-pyrrole nitrogens is 1. The van der Waals surface area contributed by atoms with Crippen molar-refractivity contribution in [1.29, 1.82) is 0 Å². The summed E-state index contributed by atoms with van der Waals surface area (Å²) in [7, 11) is 0. The number of nitrogens with zero attached hydrogens (tertiary/aromatic N) is 1. The molecule has 2 aromatic carbocycles. The molecule has 0 bridgehead atoms. The Hall–Kier alpha value is -1.98. The van der Waals surface area contributed by atoms with Crippen LogP contribution in [0.3, 0.4) is 0 Å². The fraction of sp³-hybridized carbons (Fsp3) is 0.176. The second kappa shape index (κ2) is 7.06. The molecule has 1 unspecified atom stereocenters. The monoisotopic (exact) mass is 345 g/mol. The third-order valence-electron chi connectivity index (χ3n) is 3.38. The van der Waals surface area contributed by atoms with Gasteiger partial charge in [-0.2, -0.15) is 0 Å². The Morgan fingerprint density at radius 2 is 2.00 bits per heavy atom. The first-order chi connectivity index (χ1) is 11.1. The Morgan fingerprint density at radius 3 is 2.78 bits per heavy atom. The first kappa shape index (κ1) is 15.9. The molecule has 118 valence electrons. The van der Waals surface area contributed by atoms with Crippen LogP contribution in [0.25, 0.3) is 11.0 Å². The fourth-order valence-corrected chi connectivity index (χ4v) is 3.37. The third-order valence-corrected chi connectivity index (χ3v) is 5.00. The van der Waals surface area contributed by atoms with Gasteiger partial charge in [-0.15, -0.1) is 11.8 Å². The lowest BCUT2D eigenvalue weighted by molar-refractivity contribution is -0.120. The number of rotatable bonds is 5. The van der Waals surface area contributed by atoms with E-state index in [1.807, 2.05) is 55.5 Å². The van der Waals surface area contributed by atoms with Crippen molar-refractivity contribution in [1.82, 2.24) is 15.3 Å². The van der Waals surface area contributed by atoms with Crippen molar-refractivity contribution in [2.45, 2.75) is 23.6 Å². The van der Waals surface area contributed by atoms with Crippen molar-refractivity contribution in [3.05, 3.63) is 59.4 Å². The molecule has 6 heteroatoms. The highest BCUT2D eigenvalue weighted by Crippen LogP contribution is 2.29. The highest BCUT2D eigenvalue weighted by molar-refractivity contribution is 8.00. The van der Waals surface area contributed by atoms with Crippen LogP contribution in [0.1, 0.15) is 12.7 Å². The number of nitrogens with one attached hydrogen (secondary N) is 2. The lowest BCUT2D eigenvalue weighted by atomic mass is 10.3. The average Bonchev–Trinajstić information content (AvgIpc) is 2.97. The maximum Gasteiger partial charge on any atom is 0.233 e. The molecule has 1 heterocycles. The van der Waals surface area contributed by atoms with Crippen LogP contribution in [0, 0.1) is 0 Å². The number of aromatic amines is 1. The number of halogens is 1. The standard InChI is InChI=1S/C17H16ClN3OS/c1-11(23-15-9-5-2-6-12(15)18)17(22)19-10-16-20-13-7-3-4-8-14(13)21-16/h2-9,11H,10H2,1H3,(H,19,22)(H,20,21). The van der Waals surface area contributed by atoms with E-state index in [1.165, 1.54) is 11.8 Å². The summed E-state index contributed by atoms with van der Waals surface area (Å²) in [5.41, 5.74) is 1.87. The Morgan fingerprint density at radius 1 is 1.26 bits per heavy atom. The predicted octanol–water partition coefficient (Wildman–Crippen LogP) is 4.01. The van der Waals surface area contributed by atoms with Crippen LogP contribution < -0.4 is 5.32 Å². The molecule has 0 aliphatic carbocycles. The molecule has 1 aromatic heterocycles. The summed E-state index contributed by atoms with van der Waals surface area (Å²) in [4.78, 5) is 20.8. The van der Waals surface area contributed by atoms with Gasteiger partial charge in [0.2, 0.25) is 5.91 Å². The van der Waals surface area contributed by atoms with Crippen molar-refractivity contribution in [2.24, 2.45) is 0 Å². The summed E-state index contributed by atoms with van der Waals surface area (Å²) in [6.45, 7) is 2.24. The summed E-state index contributed by atoms with van der Waals surface area (Å²) in [5.74, 6) is 0.699. The van der Waals surface area contributed by atoms with E-state index in [4.69, 9.17) is 11.6 Å². The zero-order chi connectivity index (χ0) is 16.2. The Labute approximate surface area is 143 Å². The van der Waals surface area contributed by atoms with E-state index >= 15 is 0 Å². The molecule has 2 N–H and O–H groups in total. The number of fused-ring (bicyclic) bond motifs is 1. The van der Waals surface area contributed by atoms with Gasteiger partial charge in [0.1, 0.15) is 5.82 Å². The zero-order valence-electron chi connectivity index (χ0n) is 12.5. The van der Waals surface area contributed by atoms with Gasteiger partial charge in [0.05, 0.1) is 27.9 Å². The molecule has 1 atom stereocenters. The number of carbonyl (C=O) groups is 1. The summed E-state index contributed by atoms with van der Waals surface area (Å²) >= 11 is 7.57. The van der Waals surface area contributed by atoms with Crippen LogP contribution in [-0.4, -0.2) is 21.1 Å². The molecule has 0 spiro atoms. The molecule has 0 fully saturated rings. The van der Waals surface area contributed by atoms with Gasteiger partial charge in [-0.1, -0.05) is 35.9 Å². The zero-order valence-corrected chi connectivity index (χ0v) is 14.1. The third kappa shape index (κ3) is 3.86. The largest absolute Gasteiger partial charge is 0.348 e. The number of hydrogen-bond donors (Lipinski definition) is 2. The van der Waals surface area contributed by atoms with Crippen LogP contribution in [0.15, 0.2) is 53.4 Å².